The van der Waals surface area contributed by atoms with Crippen molar-refractivity contribution in [2.45, 2.75) is 4.90 Å². The molecule has 7 nitrogen and oxygen atoms in total. The molecular formula is C22H22N2O5S3. The molecule has 1 fully saturated rings. The van der Waals surface area contributed by atoms with E-state index in [2.05, 4.69) is 5.32 Å². The van der Waals surface area contributed by atoms with Gasteiger partial charge in [-0.25, -0.2) is 8.42 Å². The maximum absolute atomic E-state index is 13.0. The molecule has 2 aromatic carbocycles. The molecule has 32 heavy (non-hydrogen) atoms. The number of ether oxygens (including phenoxy) is 2. The van der Waals surface area contributed by atoms with Gasteiger partial charge >= 0.3 is 0 Å². The molecule has 0 bridgehead atoms. The van der Waals surface area contributed by atoms with Crippen LogP contribution in [-0.4, -0.2) is 50.3 Å². The normalized spacial score (nSPS) is 14.7. The quantitative estimate of drug-likeness (QED) is 0.524. The number of nitrogens with zero attached hydrogens (tertiary/aromatic N) is 1. The molecule has 1 aliphatic rings. The van der Waals surface area contributed by atoms with Crippen LogP contribution in [0.25, 0.3) is 0 Å². The van der Waals surface area contributed by atoms with Crippen molar-refractivity contribution in [2.75, 3.05) is 37.0 Å². The highest BCUT2D eigenvalue weighted by atomic mass is 32.2. The van der Waals surface area contributed by atoms with Gasteiger partial charge in [-0.3, -0.25) is 4.79 Å². The van der Waals surface area contributed by atoms with Crippen LogP contribution in [0.2, 0.25) is 0 Å². The van der Waals surface area contributed by atoms with Gasteiger partial charge in [0.15, 0.2) is 11.5 Å². The van der Waals surface area contributed by atoms with E-state index in [0.29, 0.717) is 36.0 Å². The second kappa shape index (κ2) is 9.95. The number of sulfonamides is 1. The lowest BCUT2D eigenvalue weighted by molar-refractivity contribution is 0.102. The highest BCUT2D eigenvalue weighted by molar-refractivity contribution is 7.99. The molecule has 0 spiro atoms. The minimum atomic E-state index is -3.70. The Bertz CT molecular complexity index is 1190. The van der Waals surface area contributed by atoms with Crippen LogP contribution in [0.15, 0.2) is 64.9 Å². The summed E-state index contributed by atoms with van der Waals surface area (Å²) < 4.78 is 38.6. The molecule has 2 heterocycles. The first-order valence-corrected chi connectivity index (χ1v) is 13.3. The fourth-order valence-corrected chi connectivity index (χ4v) is 7.09. The van der Waals surface area contributed by atoms with E-state index in [9.17, 15) is 13.2 Å². The summed E-state index contributed by atoms with van der Waals surface area (Å²) in [5.74, 6) is 2.83. The molecule has 1 aromatic heterocycles. The zero-order valence-electron chi connectivity index (χ0n) is 17.3. The lowest BCUT2D eigenvalue weighted by Gasteiger charge is -2.25. The summed E-state index contributed by atoms with van der Waals surface area (Å²) in [7, 11) is -2.12. The van der Waals surface area contributed by atoms with Crippen molar-refractivity contribution >= 4 is 44.7 Å². The molecule has 0 radical (unpaired) electrons. The van der Waals surface area contributed by atoms with E-state index >= 15 is 0 Å². The second-order valence-electron chi connectivity index (χ2n) is 6.86. The lowest BCUT2D eigenvalue weighted by atomic mass is 10.3. The number of hydrogen-bond donors (Lipinski definition) is 1. The number of carbonyl (C=O) groups is 1. The number of rotatable bonds is 7. The predicted octanol–water partition coefficient (Wildman–Crippen LogP) is 4.54. The molecular weight excluding hydrogens is 468 g/mol. The Kier molecular flexibility index (Phi) is 7.04. The topological polar surface area (TPSA) is 84.9 Å². The summed E-state index contributed by atoms with van der Waals surface area (Å²) in [4.78, 5) is 13.1. The average molecular weight is 491 g/mol. The van der Waals surface area contributed by atoms with Crippen LogP contribution in [0.5, 0.6) is 17.2 Å². The van der Waals surface area contributed by atoms with Crippen molar-refractivity contribution in [3.05, 3.63) is 64.9 Å². The van der Waals surface area contributed by atoms with E-state index in [1.165, 1.54) is 10.4 Å². The maximum atomic E-state index is 13.0. The van der Waals surface area contributed by atoms with E-state index in [1.807, 2.05) is 12.1 Å². The van der Waals surface area contributed by atoms with Crippen LogP contribution >= 0.6 is 23.1 Å². The molecule has 0 atom stereocenters. The van der Waals surface area contributed by atoms with Gasteiger partial charge in [0.1, 0.15) is 15.5 Å². The van der Waals surface area contributed by atoms with Gasteiger partial charge in [0.25, 0.3) is 5.91 Å². The number of hydrogen-bond acceptors (Lipinski definition) is 7. The van der Waals surface area contributed by atoms with E-state index < -0.39 is 15.9 Å². The summed E-state index contributed by atoms with van der Waals surface area (Å²) in [6.07, 6.45) is 0. The van der Waals surface area contributed by atoms with Crippen molar-refractivity contribution in [2.24, 2.45) is 0 Å². The van der Waals surface area contributed by atoms with Crippen molar-refractivity contribution in [3.8, 4) is 17.2 Å². The van der Waals surface area contributed by atoms with Crippen LogP contribution < -0.4 is 14.8 Å². The van der Waals surface area contributed by atoms with Gasteiger partial charge < -0.3 is 14.8 Å². The summed E-state index contributed by atoms with van der Waals surface area (Å²) in [5, 5.41) is 4.41. The summed E-state index contributed by atoms with van der Waals surface area (Å²) in [6, 6.07) is 15.7. The molecule has 1 aliphatic heterocycles. The third kappa shape index (κ3) is 4.93. The second-order valence-corrected chi connectivity index (χ2v) is 10.9. The number of anilines is 1. The Hall–Kier alpha value is -2.53. The maximum Gasteiger partial charge on any atom is 0.267 e. The number of amides is 1. The largest absolute Gasteiger partial charge is 0.493 e. The summed E-state index contributed by atoms with van der Waals surface area (Å²) in [6.45, 7) is 0.912. The van der Waals surface area contributed by atoms with Crippen LogP contribution in [-0.2, 0) is 10.0 Å². The number of nitrogens with one attached hydrogen (secondary N) is 1. The highest BCUT2D eigenvalue weighted by Crippen LogP contribution is 2.32. The number of para-hydroxylation sites is 2. The third-order valence-electron chi connectivity index (χ3n) is 4.83. The first-order valence-electron chi connectivity index (χ1n) is 9.87. The Balaban J connectivity index is 1.47. The minimum Gasteiger partial charge on any atom is -0.493 e. The van der Waals surface area contributed by atoms with Crippen LogP contribution in [0.3, 0.4) is 0 Å². The van der Waals surface area contributed by atoms with E-state index in [4.69, 9.17) is 9.47 Å². The molecule has 4 rings (SSSR count). The SMILES string of the molecule is COc1ccccc1Oc1ccc(NC(=O)c2sccc2S(=O)(=O)N2CCSCC2)cc1. The predicted molar refractivity (Wildman–Crippen MR) is 128 cm³/mol. The van der Waals surface area contributed by atoms with Gasteiger partial charge in [-0.1, -0.05) is 12.1 Å². The Morgan fingerprint density at radius 1 is 1.00 bits per heavy atom. The zero-order chi connectivity index (χ0) is 22.6. The number of thioether (sulfide) groups is 1. The molecule has 168 valence electrons. The molecule has 0 aliphatic carbocycles. The van der Waals surface area contributed by atoms with Crippen molar-refractivity contribution in [1.29, 1.82) is 0 Å². The standard InChI is InChI=1S/C22H22N2O5S3/c1-28-18-4-2-3-5-19(18)29-17-8-6-16(7-9-17)23-22(25)21-20(10-13-31-21)32(26,27)24-11-14-30-15-12-24/h2-10,13H,11-12,14-15H2,1H3,(H,23,25). The first kappa shape index (κ1) is 22.7. The van der Waals surface area contributed by atoms with Gasteiger partial charge in [0, 0.05) is 30.3 Å². The van der Waals surface area contributed by atoms with Crippen LogP contribution in [0.1, 0.15) is 9.67 Å². The minimum absolute atomic E-state index is 0.0584. The van der Waals surface area contributed by atoms with Crippen molar-refractivity contribution in [3.63, 3.8) is 0 Å². The molecule has 1 saturated heterocycles. The molecule has 1 amide bonds. The summed E-state index contributed by atoms with van der Waals surface area (Å²) >= 11 is 2.84. The highest BCUT2D eigenvalue weighted by Gasteiger charge is 2.31. The molecule has 0 unspecified atom stereocenters. The zero-order valence-corrected chi connectivity index (χ0v) is 19.8. The van der Waals surface area contributed by atoms with Gasteiger partial charge in [0.2, 0.25) is 10.0 Å². The number of methoxy groups -OCH3 is 1. The lowest BCUT2D eigenvalue weighted by Crippen LogP contribution is -2.38. The molecule has 3 aromatic rings. The molecule has 10 heteroatoms. The number of benzene rings is 2. The molecule has 0 saturated carbocycles. The van der Waals surface area contributed by atoms with Crippen LogP contribution in [0, 0.1) is 0 Å². The number of carbonyl (C=O) groups excluding carboxylic acids is 1. The van der Waals surface area contributed by atoms with Gasteiger partial charge in [0.05, 0.1) is 7.11 Å². The van der Waals surface area contributed by atoms with E-state index in [1.54, 1.807) is 60.6 Å². The Labute approximate surface area is 195 Å². The van der Waals surface area contributed by atoms with Gasteiger partial charge in [-0.15, -0.1) is 11.3 Å². The average Bonchev–Trinajstić information content (AvgIpc) is 3.32. The van der Waals surface area contributed by atoms with Gasteiger partial charge in [-0.05, 0) is 47.8 Å². The van der Waals surface area contributed by atoms with Crippen LogP contribution in [0.4, 0.5) is 5.69 Å². The van der Waals surface area contributed by atoms with Crippen molar-refractivity contribution < 1.29 is 22.7 Å². The summed E-state index contributed by atoms with van der Waals surface area (Å²) in [5.41, 5.74) is 0.536. The Morgan fingerprint density at radius 2 is 1.69 bits per heavy atom. The fraction of sp³-hybridized carbons (Fsp3) is 0.227. The monoisotopic (exact) mass is 490 g/mol. The third-order valence-corrected chi connectivity index (χ3v) is 8.76. The smallest absolute Gasteiger partial charge is 0.267 e. The Morgan fingerprint density at radius 3 is 2.38 bits per heavy atom. The van der Waals surface area contributed by atoms with Crippen molar-refractivity contribution in [1.82, 2.24) is 4.31 Å². The number of thiophene rings is 1. The van der Waals surface area contributed by atoms with E-state index in [-0.39, 0.29) is 9.77 Å². The fourth-order valence-electron chi connectivity index (χ4n) is 3.22. The van der Waals surface area contributed by atoms with E-state index in [0.717, 1.165) is 22.8 Å². The van der Waals surface area contributed by atoms with Gasteiger partial charge in [-0.2, -0.15) is 16.1 Å². The molecule has 1 N–H and O–H groups in total. The first-order chi connectivity index (χ1) is 15.5.